The van der Waals surface area contributed by atoms with Crippen LogP contribution in [0, 0.1) is 0 Å². The molecule has 0 spiro atoms. The van der Waals surface area contributed by atoms with Crippen molar-refractivity contribution in [3.63, 3.8) is 0 Å². The Balaban J connectivity index is 1.88. The van der Waals surface area contributed by atoms with Crippen LogP contribution in [-0.2, 0) is 9.59 Å². The van der Waals surface area contributed by atoms with E-state index in [4.69, 9.17) is 14.2 Å². The predicted octanol–water partition coefficient (Wildman–Crippen LogP) is 3.94. The van der Waals surface area contributed by atoms with Crippen LogP contribution in [0.5, 0.6) is 17.2 Å². The molecule has 1 fully saturated rings. The Hall–Kier alpha value is -3.81. The molecule has 1 aliphatic heterocycles. The lowest BCUT2D eigenvalue weighted by atomic mass is 10.1. The van der Waals surface area contributed by atoms with Gasteiger partial charge in [-0.05, 0) is 60.9 Å². The third-order valence-electron chi connectivity index (χ3n) is 4.63. The first-order valence-corrected chi connectivity index (χ1v) is 10.4. The molecule has 1 aliphatic rings. The molecule has 1 N–H and O–H groups in total. The summed E-state index contributed by atoms with van der Waals surface area (Å²) in [6, 6.07) is 10.8. The van der Waals surface area contributed by atoms with Gasteiger partial charge in [0.15, 0.2) is 11.5 Å². The fourth-order valence-electron chi connectivity index (χ4n) is 3.08. The minimum atomic E-state index is -0.805. The normalized spacial score (nSPS) is 15.0. The lowest BCUT2D eigenvalue weighted by Gasteiger charge is -2.26. The molecule has 32 heavy (non-hydrogen) atoms. The maximum absolute atomic E-state index is 13.1. The van der Waals surface area contributed by atoms with Gasteiger partial charge in [-0.3, -0.25) is 14.9 Å². The Kier molecular flexibility index (Phi) is 7.49. The van der Waals surface area contributed by atoms with Gasteiger partial charge in [-0.25, -0.2) is 9.69 Å². The summed E-state index contributed by atoms with van der Waals surface area (Å²) in [5.74, 6) is 0.200. The Bertz CT molecular complexity index is 1030. The molecule has 0 radical (unpaired) electrons. The van der Waals surface area contributed by atoms with Gasteiger partial charge >= 0.3 is 6.03 Å². The van der Waals surface area contributed by atoms with Crippen LogP contribution in [0.2, 0.25) is 0 Å². The number of hydrogen-bond donors (Lipinski definition) is 1. The van der Waals surface area contributed by atoms with Gasteiger partial charge in [-0.2, -0.15) is 0 Å². The number of nitrogens with zero attached hydrogens (tertiary/aromatic N) is 1. The van der Waals surface area contributed by atoms with Gasteiger partial charge < -0.3 is 14.2 Å². The number of nitrogens with one attached hydrogen (secondary N) is 1. The first-order chi connectivity index (χ1) is 15.5. The summed E-state index contributed by atoms with van der Waals surface area (Å²) in [6.45, 7) is 5.10. The Morgan fingerprint density at radius 1 is 0.906 bits per heavy atom. The zero-order valence-electron chi connectivity index (χ0n) is 18.3. The van der Waals surface area contributed by atoms with Crippen LogP contribution in [0.25, 0.3) is 6.08 Å². The summed E-state index contributed by atoms with van der Waals surface area (Å²) in [4.78, 5) is 38.8. The number of carbonyl (C=O) groups excluding carboxylic acids is 3. The topological polar surface area (TPSA) is 94.2 Å². The van der Waals surface area contributed by atoms with Crippen LogP contribution in [-0.4, -0.2) is 38.2 Å². The lowest BCUT2D eigenvalue weighted by Crippen LogP contribution is -2.54. The van der Waals surface area contributed by atoms with Gasteiger partial charge in [-0.1, -0.05) is 19.9 Å². The van der Waals surface area contributed by atoms with Gasteiger partial charge in [0, 0.05) is 0 Å². The van der Waals surface area contributed by atoms with E-state index in [-0.39, 0.29) is 5.57 Å². The molecule has 8 nitrogen and oxygen atoms in total. The largest absolute Gasteiger partial charge is 0.494 e. The highest BCUT2D eigenvalue weighted by molar-refractivity contribution is 6.39. The van der Waals surface area contributed by atoms with E-state index in [0.29, 0.717) is 41.7 Å². The van der Waals surface area contributed by atoms with E-state index in [9.17, 15) is 14.4 Å². The van der Waals surface area contributed by atoms with E-state index < -0.39 is 17.8 Å². The van der Waals surface area contributed by atoms with Gasteiger partial charge in [0.05, 0.1) is 26.0 Å². The lowest BCUT2D eigenvalue weighted by molar-refractivity contribution is -0.122. The molecule has 0 aromatic heterocycles. The number of urea groups is 1. The van der Waals surface area contributed by atoms with Crippen LogP contribution in [0.15, 0.2) is 48.0 Å². The molecule has 2 aromatic rings. The zero-order chi connectivity index (χ0) is 23.1. The van der Waals surface area contributed by atoms with Gasteiger partial charge in [0.25, 0.3) is 11.8 Å². The molecule has 0 bridgehead atoms. The number of methoxy groups -OCH3 is 1. The van der Waals surface area contributed by atoms with E-state index in [1.807, 2.05) is 13.8 Å². The highest BCUT2D eigenvalue weighted by Crippen LogP contribution is 2.30. The molecule has 0 atom stereocenters. The van der Waals surface area contributed by atoms with E-state index in [0.717, 1.165) is 17.7 Å². The summed E-state index contributed by atoms with van der Waals surface area (Å²) in [7, 11) is 1.51. The second-order valence-corrected chi connectivity index (χ2v) is 7.06. The summed E-state index contributed by atoms with van der Waals surface area (Å²) in [5, 5.41) is 2.22. The number of benzene rings is 2. The van der Waals surface area contributed by atoms with Crippen molar-refractivity contribution in [1.29, 1.82) is 0 Å². The van der Waals surface area contributed by atoms with Crippen molar-refractivity contribution >= 4 is 29.6 Å². The molecule has 0 unspecified atom stereocenters. The first kappa shape index (κ1) is 22.9. The molecule has 3 rings (SSSR count). The summed E-state index contributed by atoms with van der Waals surface area (Å²) in [6.07, 6.45) is 3.13. The number of hydrogen-bond acceptors (Lipinski definition) is 6. The number of amides is 4. The highest BCUT2D eigenvalue weighted by atomic mass is 16.5. The number of anilines is 1. The minimum absolute atomic E-state index is 0.166. The third-order valence-corrected chi connectivity index (χ3v) is 4.63. The summed E-state index contributed by atoms with van der Waals surface area (Å²) in [5.41, 5.74) is 0.720. The number of carbonyl (C=O) groups is 3. The van der Waals surface area contributed by atoms with Gasteiger partial charge in [0.2, 0.25) is 0 Å². The van der Waals surface area contributed by atoms with Crippen LogP contribution in [0.4, 0.5) is 10.5 Å². The number of imide groups is 2. The van der Waals surface area contributed by atoms with Crippen LogP contribution in [0.3, 0.4) is 0 Å². The molecule has 4 amide bonds. The van der Waals surface area contributed by atoms with E-state index in [1.165, 1.54) is 13.2 Å². The smallest absolute Gasteiger partial charge is 0.335 e. The highest BCUT2D eigenvalue weighted by Gasteiger charge is 2.36. The first-order valence-electron chi connectivity index (χ1n) is 10.4. The van der Waals surface area contributed by atoms with Crippen molar-refractivity contribution in [2.24, 2.45) is 0 Å². The summed E-state index contributed by atoms with van der Waals surface area (Å²) >= 11 is 0. The molecule has 1 saturated heterocycles. The summed E-state index contributed by atoms with van der Waals surface area (Å²) < 4.78 is 16.5. The van der Waals surface area contributed by atoms with Crippen LogP contribution < -0.4 is 24.4 Å². The van der Waals surface area contributed by atoms with Crippen LogP contribution in [0.1, 0.15) is 32.3 Å². The maximum Gasteiger partial charge on any atom is 0.335 e. The Morgan fingerprint density at radius 2 is 1.59 bits per heavy atom. The van der Waals surface area contributed by atoms with Crippen molar-refractivity contribution in [2.75, 3.05) is 25.2 Å². The van der Waals surface area contributed by atoms with Crippen molar-refractivity contribution < 1.29 is 28.6 Å². The van der Waals surface area contributed by atoms with Gasteiger partial charge in [0.1, 0.15) is 11.3 Å². The maximum atomic E-state index is 13.1. The predicted molar refractivity (Wildman–Crippen MR) is 120 cm³/mol. The number of barbiturate groups is 1. The third kappa shape index (κ3) is 5.08. The second-order valence-electron chi connectivity index (χ2n) is 7.06. The number of rotatable bonds is 9. The SMILES string of the molecule is CCCOc1ccc(N2C(=O)NC(=O)/C(=C/c3ccc(OCCC)c(OC)c3)C2=O)cc1. The molecule has 2 aromatic carbocycles. The second kappa shape index (κ2) is 10.5. The average Bonchev–Trinajstić information content (AvgIpc) is 2.80. The van der Waals surface area contributed by atoms with Crippen molar-refractivity contribution in [3.05, 3.63) is 53.6 Å². The molecular weight excluding hydrogens is 412 g/mol. The van der Waals surface area contributed by atoms with E-state index in [2.05, 4.69) is 5.32 Å². The molecule has 168 valence electrons. The van der Waals surface area contributed by atoms with E-state index >= 15 is 0 Å². The molecule has 0 saturated carbocycles. The van der Waals surface area contributed by atoms with Crippen molar-refractivity contribution in [3.8, 4) is 17.2 Å². The average molecular weight is 438 g/mol. The van der Waals surface area contributed by atoms with Crippen LogP contribution >= 0.6 is 0 Å². The fourth-order valence-corrected chi connectivity index (χ4v) is 3.08. The fraction of sp³-hybridized carbons (Fsp3) is 0.292. The standard InChI is InChI=1S/C24H26N2O6/c1-4-12-31-18-9-7-17(8-10-18)26-23(28)19(22(27)25-24(26)29)14-16-6-11-20(32-13-5-2)21(15-16)30-3/h6-11,14-15H,4-5,12-13H2,1-3H3,(H,25,27,29)/b19-14-. The van der Waals surface area contributed by atoms with Gasteiger partial charge in [-0.15, -0.1) is 0 Å². The quantitative estimate of drug-likeness (QED) is 0.471. The molecule has 0 aliphatic carbocycles. The molecule has 1 heterocycles. The molecular formula is C24H26N2O6. The zero-order valence-corrected chi connectivity index (χ0v) is 18.3. The molecule has 8 heteroatoms. The van der Waals surface area contributed by atoms with E-state index in [1.54, 1.807) is 42.5 Å². The van der Waals surface area contributed by atoms with Crippen molar-refractivity contribution in [1.82, 2.24) is 5.32 Å². The van der Waals surface area contributed by atoms with Crippen molar-refractivity contribution in [2.45, 2.75) is 26.7 Å². The minimum Gasteiger partial charge on any atom is -0.494 e. The Labute approximate surface area is 186 Å². The Morgan fingerprint density at radius 3 is 2.25 bits per heavy atom. The number of ether oxygens (including phenoxy) is 3. The monoisotopic (exact) mass is 438 g/mol.